The van der Waals surface area contributed by atoms with Crippen molar-refractivity contribution >= 4 is 17.3 Å². The van der Waals surface area contributed by atoms with E-state index in [0.717, 1.165) is 50.1 Å². The van der Waals surface area contributed by atoms with Gasteiger partial charge in [0.15, 0.2) is 17.2 Å². The van der Waals surface area contributed by atoms with Gasteiger partial charge in [0.2, 0.25) is 0 Å². The van der Waals surface area contributed by atoms with Crippen LogP contribution in [0.25, 0.3) is 5.65 Å². The molecule has 0 spiro atoms. The SMILES string of the molecule is FC(F)(F)c1cn2ccnc(N3CCCC(Nc4ccnc(C5CC5)n4)C3)c2n1. The molecule has 2 aliphatic rings. The highest BCUT2D eigenvalue weighted by atomic mass is 19.4. The summed E-state index contributed by atoms with van der Waals surface area (Å²) in [6.45, 7) is 1.33. The van der Waals surface area contributed by atoms with Gasteiger partial charge in [-0.05, 0) is 31.7 Å². The van der Waals surface area contributed by atoms with Crippen molar-refractivity contribution in [1.82, 2.24) is 24.3 Å². The second-order valence-corrected chi connectivity index (χ2v) is 7.61. The summed E-state index contributed by atoms with van der Waals surface area (Å²) in [7, 11) is 0. The van der Waals surface area contributed by atoms with Crippen LogP contribution in [0, 0.1) is 0 Å². The highest BCUT2D eigenvalue weighted by Crippen LogP contribution is 2.38. The van der Waals surface area contributed by atoms with Crippen LogP contribution in [0.1, 0.15) is 43.1 Å². The Kier molecular flexibility index (Phi) is 4.29. The van der Waals surface area contributed by atoms with E-state index in [1.165, 1.54) is 16.8 Å². The molecular formula is C19H20F3N7. The quantitative estimate of drug-likeness (QED) is 0.719. The summed E-state index contributed by atoms with van der Waals surface area (Å²) in [6.07, 6.45) is 5.41. The van der Waals surface area contributed by atoms with E-state index in [0.29, 0.717) is 18.3 Å². The van der Waals surface area contributed by atoms with Crippen LogP contribution in [0.3, 0.4) is 0 Å². The summed E-state index contributed by atoms with van der Waals surface area (Å²) in [4.78, 5) is 19.1. The molecule has 0 amide bonds. The fraction of sp³-hybridized carbons (Fsp3) is 0.474. The number of rotatable bonds is 4. The number of alkyl halides is 3. The van der Waals surface area contributed by atoms with Gasteiger partial charge in [0, 0.05) is 49.8 Å². The molecule has 3 aromatic heterocycles. The van der Waals surface area contributed by atoms with E-state index >= 15 is 0 Å². The maximum absolute atomic E-state index is 13.1. The van der Waals surface area contributed by atoms with E-state index in [2.05, 4.69) is 25.3 Å². The molecule has 0 aromatic carbocycles. The lowest BCUT2D eigenvalue weighted by Crippen LogP contribution is -2.43. The van der Waals surface area contributed by atoms with Crippen LogP contribution < -0.4 is 10.2 Å². The van der Waals surface area contributed by atoms with Crippen molar-refractivity contribution < 1.29 is 13.2 Å². The van der Waals surface area contributed by atoms with Crippen molar-refractivity contribution in [1.29, 1.82) is 0 Å². The van der Waals surface area contributed by atoms with Gasteiger partial charge >= 0.3 is 6.18 Å². The molecule has 1 saturated carbocycles. The molecule has 1 atom stereocenters. The fourth-order valence-corrected chi connectivity index (χ4v) is 3.75. The van der Waals surface area contributed by atoms with Crippen molar-refractivity contribution in [2.24, 2.45) is 0 Å². The van der Waals surface area contributed by atoms with Crippen molar-refractivity contribution in [3.8, 4) is 0 Å². The number of anilines is 2. The number of piperidine rings is 1. The van der Waals surface area contributed by atoms with Gasteiger partial charge in [-0.1, -0.05) is 0 Å². The van der Waals surface area contributed by atoms with E-state index in [9.17, 15) is 13.2 Å². The van der Waals surface area contributed by atoms with Gasteiger partial charge in [-0.3, -0.25) is 0 Å². The second-order valence-electron chi connectivity index (χ2n) is 7.61. The number of aromatic nitrogens is 5. The van der Waals surface area contributed by atoms with Crippen LogP contribution in [0.5, 0.6) is 0 Å². The first-order valence-electron chi connectivity index (χ1n) is 9.73. The molecule has 5 rings (SSSR count). The molecule has 0 bridgehead atoms. The summed E-state index contributed by atoms with van der Waals surface area (Å²) in [5.74, 6) is 2.62. The van der Waals surface area contributed by atoms with Crippen LogP contribution in [-0.2, 0) is 6.18 Å². The molecule has 2 fully saturated rings. The van der Waals surface area contributed by atoms with Crippen LogP contribution in [-0.4, -0.2) is 43.5 Å². The van der Waals surface area contributed by atoms with Crippen molar-refractivity contribution in [2.75, 3.05) is 23.3 Å². The lowest BCUT2D eigenvalue weighted by atomic mass is 10.1. The molecule has 1 saturated heterocycles. The van der Waals surface area contributed by atoms with Gasteiger partial charge in [-0.15, -0.1) is 0 Å². The van der Waals surface area contributed by atoms with Crippen LogP contribution >= 0.6 is 0 Å². The number of hydrogen-bond acceptors (Lipinski definition) is 6. The Morgan fingerprint density at radius 3 is 2.72 bits per heavy atom. The first kappa shape index (κ1) is 18.1. The average molecular weight is 403 g/mol. The zero-order chi connectivity index (χ0) is 20.0. The van der Waals surface area contributed by atoms with E-state index < -0.39 is 11.9 Å². The molecule has 1 N–H and O–H groups in total. The number of fused-ring (bicyclic) bond motifs is 1. The molecule has 4 heterocycles. The number of hydrogen-bond donors (Lipinski definition) is 1. The largest absolute Gasteiger partial charge is 0.434 e. The first-order chi connectivity index (χ1) is 14.0. The molecule has 0 radical (unpaired) electrons. The van der Waals surface area contributed by atoms with Crippen LogP contribution in [0.4, 0.5) is 24.8 Å². The van der Waals surface area contributed by atoms with Crippen molar-refractivity contribution in [2.45, 2.75) is 43.8 Å². The zero-order valence-electron chi connectivity index (χ0n) is 15.6. The fourth-order valence-electron chi connectivity index (χ4n) is 3.75. The number of imidazole rings is 1. The maximum atomic E-state index is 13.1. The zero-order valence-corrected chi connectivity index (χ0v) is 15.6. The van der Waals surface area contributed by atoms with Gasteiger partial charge in [0.1, 0.15) is 11.6 Å². The van der Waals surface area contributed by atoms with Crippen molar-refractivity contribution in [3.05, 3.63) is 42.4 Å². The predicted octanol–water partition coefficient (Wildman–Crippen LogP) is 3.50. The Hall–Kier alpha value is -2.91. The summed E-state index contributed by atoms with van der Waals surface area (Å²) < 4.78 is 40.6. The van der Waals surface area contributed by atoms with Gasteiger partial charge in [-0.25, -0.2) is 19.9 Å². The standard InChI is InChI=1S/C19H20F3N7/c20-19(21,22)14-11-29-9-7-24-17(18(29)26-14)28-8-1-2-13(10-28)25-15-5-6-23-16(27-15)12-3-4-12/h5-7,9,11-13H,1-4,8,10H2,(H,23,25,27). The molecule has 1 aliphatic carbocycles. The Balaban J connectivity index is 1.37. The van der Waals surface area contributed by atoms with Crippen molar-refractivity contribution in [3.63, 3.8) is 0 Å². The average Bonchev–Trinajstić information content (AvgIpc) is 3.45. The number of halogens is 3. The van der Waals surface area contributed by atoms with Gasteiger partial charge < -0.3 is 14.6 Å². The topological polar surface area (TPSA) is 71.2 Å². The van der Waals surface area contributed by atoms with E-state index in [-0.39, 0.29) is 11.7 Å². The predicted molar refractivity (Wildman–Crippen MR) is 101 cm³/mol. The molecule has 29 heavy (non-hydrogen) atoms. The van der Waals surface area contributed by atoms with Gasteiger partial charge in [0.05, 0.1) is 0 Å². The molecule has 1 aliphatic heterocycles. The number of nitrogens with zero attached hydrogens (tertiary/aromatic N) is 6. The molecule has 3 aromatic rings. The summed E-state index contributed by atoms with van der Waals surface area (Å²) >= 11 is 0. The van der Waals surface area contributed by atoms with E-state index in [4.69, 9.17) is 0 Å². The third-order valence-corrected chi connectivity index (χ3v) is 5.34. The smallest absolute Gasteiger partial charge is 0.365 e. The third-order valence-electron chi connectivity index (χ3n) is 5.34. The normalized spacial score (nSPS) is 20.2. The highest BCUT2D eigenvalue weighted by molar-refractivity contribution is 5.65. The monoisotopic (exact) mass is 403 g/mol. The minimum atomic E-state index is -4.48. The Morgan fingerprint density at radius 1 is 1.07 bits per heavy atom. The molecule has 10 heteroatoms. The molecule has 1 unspecified atom stereocenters. The molecular weight excluding hydrogens is 383 g/mol. The van der Waals surface area contributed by atoms with Gasteiger partial charge in [0.25, 0.3) is 0 Å². The summed E-state index contributed by atoms with van der Waals surface area (Å²) in [6, 6.07) is 1.97. The second kappa shape index (κ2) is 6.85. The van der Waals surface area contributed by atoms with Crippen LogP contribution in [0.2, 0.25) is 0 Å². The minimum absolute atomic E-state index is 0.116. The lowest BCUT2D eigenvalue weighted by molar-refractivity contribution is -0.140. The third kappa shape index (κ3) is 3.70. The van der Waals surface area contributed by atoms with Crippen LogP contribution in [0.15, 0.2) is 30.9 Å². The highest BCUT2D eigenvalue weighted by Gasteiger charge is 2.35. The summed E-state index contributed by atoms with van der Waals surface area (Å²) in [5, 5.41) is 3.45. The van der Waals surface area contributed by atoms with E-state index in [1.807, 2.05) is 11.0 Å². The van der Waals surface area contributed by atoms with E-state index in [1.54, 1.807) is 6.20 Å². The minimum Gasteiger partial charge on any atom is -0.365 e. The van der Waals surface area contributed by atoms with Gasteiger partial charge in [-0.2, -0.15) is 13.2 Å². The molecule has 7 nitrogen and oxygen atoms in total. The number of nitrogens with one attached hydrogen (secondary N) is 1. The summed E-state index contributed by atoms with van der Waals surface area (Å²) in [5.41, 5.74) is -0.689. The Labute approximate surface area is 165 Å². The Morgan fingerprint density at radius 2 is 1.93 bits per heavy atom. The first-order valence-corrected chi connectivity index (χ1v) is 9.73. The Bertz CT molecular complexity index is 1030. The lowest BCUT2D eigenvalue weighted by Gasteiger charge is -2.34. The molecule has 152 valence electrons. The maximum Gasteiger partial charge on any atom is 0.434 e.